The van der Waals surface area contributed by atoms with E-state index in [0.29, 0.717) is 0 Å². The molecule has 3 rings (SSSR count). The molecule has 3 aromatic rings. The molecule has 1 N–H and O–H groups in total. The van der Waals surface area contributed by atoms with Crippen molar-refractivity contribution in [2.45, 2.75) is 13.8 Å². The predicted octanol–water partition coefficient (Wildman–Crippen LogP) is 3.75. The zero-order chi connectivity index (χ0) is 12.0. The molecule has 0 radical (unpaired) electrons. The second-order valence-corrected chi connectivity index (χ2v) is 4.55. The van der Waals surface area contributed by atoms with Gasteiger partial charge in [-0.15, -0.1) is 0 Å². The number of rotatable bonds is 1. The number of aryl methyl sites for hydroxylation is 2. The Balaban J connectivity index is 2.53. The first-order valence-corrected chi connectivity index (χ1v) is 5.67. The highest BCUT2D eigenvalue weighted by molar-refractivity contribution is 6.09. The summed E-state index contributed by atoms with van der Waals surface area (Å²) in [6.45, 7) is 4.10. The number of hydrogen-bond acceptors (Lipinski definition) is 1. The first kappa shape index (κ1) is 10.1. The van der Waals surface area contributed by atoms with Gasteiger partial charge in [0.25, 0.3) is 0 Å². The van der Waals surface area contributed by atoms with Gasteiger partial charge in [-0.25, -0.2) is 0 Å². The van der Waals surface area contributed by atoms with Crippen molar-refractivity contribution >= 4 is 28.1 Å². The quantitative estimate of drug-likeness (QED) is 0.626. The maximum Gasteiger partial charge on any atom is 0.150 e. The Morgan fingerprint density at radius 2 is 1.88 bits per heavy atom. The van der Waals surface area contributed by atoms with Crippen molar-refractivity contribution in [3.63, 3.8) is 0 Å². The Morgan fingerprint density at radius 3 is 2.65 bits per heavy atom. The van der Waals surface area contributed by atoms with Crippen LogP contribution in [0, 0.1) is 13.8 Å². The molecule has 0 unspecified atom stereocenters. The number of aldehydes is 1. The lowest BCUT2D eigenvalue weighted by molar-refractivity contribution is 0.112. The van der Waals surface area contributed by atoms with Gasteiger partial charge in [0.05, 0.1) is 0 Å². The molecule has 0 aliphatic heterocycles. The van der Waals surface area contributed by atoms with Crippen molar-refractivity contribution in [1.82, 2.24) is 4.98 Å². The van der Waals surface area contributed by atoms with E-state index in [4.69, 9.17) is 0 Å². The number of aromatic amines is 1. The lowest BCUT2D eigenvalue weighted by Gasteiger charge is -1.98. The Bertz CT molecular complexity index is 737. The summed E-state index contributed by atoms with van der Waals surface area (Å²) in [6.07, 6.45) is 0.904. The fraction of sp³-hybridized carbons (Fsp3) is 0.133. The molecule has 0 fully saturated rings. The molecule has 0 saturated heterocycles. The minimum Gasteiger partial charge on any atom is -0.354 e. The van der Waals surface area contributed by atoms with Gasteiger partial charge in [0, 0.05) is 27.4 Å². The third-order valence-corrected chi connectivity index (χ3v) is 3.22. The predicted molar refractivity (Wildman–Crippen MR) is 70.7 cm³/mol. The summed E-state index contributed by atoms with van der Waals surface area (Å²) < 4.78 is 0. The second-order valence-electron chi connectivity index (χ2n) is 4.55. The van der Waals surface area contributed by atoms with Crippen LogP contribution >= 0.6 is 0 Å². The smallest absolute Gasteiger partial charge is 0.150 e. The molecule has 2 aromatic carbocycles. The number of nitrogens with one attached hydrogen (secondary N) is 1. The van der Waals surface area contributed by atoms with Crippen molar-refractivity contribution < 1.29 is 4.79 Å². The Hall–Kier alpha value is -2.09. The van der Waals surface area contributed by atoms with Crippen LogP contribution in [-0.2, 0) is 0 Å². The first-order chi connectivity index (χ1) is 8.19. The summed E-state index contributed by atoms with van der Waals surface area (Å²) in [6, 6.07) is 10.2. The van der Waals surface area contributed by atoms with Crippen LogP contribution in [-0.4, -0.2) is 11.3 Å². The number of hydrogen-bond donors (Lipinski definition) is 1. The molecule has 0 amide bonds. The van der Waals surface area contributed by atoms with E-state index in [1.807, 2.05) is 19.1 Å². The summed E-state index contributed by atoms with van der Waals surface area (Å²) in [5.74, 6) is 0. The summed E-state index contributed by atoms with van der Waals surface area (Å²) in [5, 5.41) is 2.32. The van der Waals surface area contributed by atoms with Crippen LogP contribution in [0.15, 0.2) is 30.3 Å². The monoisotopic (exact) mass is 223 g/mol. The first-order valence-electron chi connectivity index (χ1n) is 5.67. The van der Waals surface area contributed by atoms with E-state index >= 15 is 0 Å². The Kier molecular flexibility index (Phi) is 2.05. The van der Waals surface area contributed by atoms with Crippen molar-refractivity contribution in [1.29, 1.82) is 0 Å². The molecule has 1 heterocycles. The summed E-state index contributed by atoms with van der Waals surface area (Å²) in [7, 11) is 0. The zero-order valence-electron chi connectivity index (χ0n) is 9.87. The van der Waals surface area contributed by atoms with Crippen LogP contribution in [0.2, 0.25) is 0 Å². The van der Waals surface area contributed by atoms with Gasteiger partial charge in [-0.05, 0) is 43.7 Å². The lowest BCUT2D eigenvalue weighted by atomic mass is 10.1. The molecule has 0 bridgehead atoms. The summed E-state index contributed by atoms with van der Waals surface area (Å²) in [5.41, 5.74) is 5.32. The number of aromatic nitrogens is 1. The van der Waals surface area contributed by atoms with E-state index in [-0.39, 0.29) is 0 Å². The summed E-state index contributed by atoms with van der Waals surface area (Å²) >= 11 is 0. The fourth-order valence-electron chi connectivity index (χ4n) is 2.39. The maximum absolute atomic E-state index is 10.9. The van der Waals surface area contributed by atoms with Crippen molar-refractivity contribution in [2.24, 2.45) is 0 Å². The molecule has 84 valence electrons. The molecule has 0 spiro atoms. The molecule has 2 nitrogen and oxygen atoms in total. The number of benzene rings is 2. The third-order valence-electron chi connectivity index (χ3n) is 3.22. The highest BCUT2D eigenvalue weighted by atomic mass is 16.1. The van der Waals surface area contributed by atoms with Gasteiger partial charge < -0.3 is 4.98 Å². The lowest BCUT2D eigenvalue weighted by Crippen LogP contribution is -1.83. The van der Waals surface area contributed by atoms with E-state index in [9.17, 15) is 4.79 Å². The SMILES string of the molecule is Cc1ccc2[nH]c3c(C)cc(C=O)cc3c2c1. The van der Waals surface area contributed by atoms with E-state index in [0.717, 1.165) is 33.8 Å². The van der Waals surface area contributed by atoms with Gasteiger partial charge in [-0.2, -0.15) is 0 Å². The Labute approximate surface area is 99.3 Å². The molecular formula is C15H13NO. The van der Waals surface area contributed by atoms with Crippen LogP contribution < -0.4 is 0 Å². The van der Waals surface area contributed by atoms with Crippen molar-refractivity contribution in [3.8, 4) is 0 Å². The van der Waals surface area contributed by atoms with Gasteiger partial charge in [0.1, 0.15) is 6.29 Å². The molecule has 17 heavy (non-hydrogen) atoms. The van der Waals surface area contributed by atoms with Gasteiger partial charge in [-0.3, -0.25) is 4.79 Å². The van der Waals surface area contributed by atoms with Crippen molar-refractivity contribution in [3.05, 3.63) is 47.0 Å². The second kappa shape index (κ2) is 3.45. The molecule has 0 saturated carbocycles. The molecule has 2 heteroatoms. The average Bonchev–Trinajstić information content (AvgIpc) is 2.68. The van der Waals surface area contributed by atoms with E-state index in [1.54, 1.807) is 0 Å². The minimum absolute atomic E-state index is 0.734. The third kappa shape index (κ3) is 1.45. The van der Waals surface area contributed by atoms with Crippen LogP contribution in [0.3, 0.4) is 0 Å². The Morgan fingerprint density at radius 1 is 1.06 bits per heavy atom. The zero-order valence-corrected chi connectivity index (χ0v) is 9.87. The van der Waals surface area contributed by atoms with E-state index < -0.39 is 0 Å². The number of carbonyl (C=O) groups excluding carboxylic acids is 1. The molecule has 1 aromatic heterocycles. The van der Waals surface area contributed by atoms with Gasteiger partial charge >= 0.3 is 0 Å². The normalized spacial score (nSPS) is 11.2. The average molecular weight is 223 g/mol. The molecule has 0 aliphatic carbocycles. The molecule has 0 atom stereocenters. The molecule has 0 aliphatic rings. The van der Waals surface area contributed by atoms with Crippen LogP contribution in [0.25, 0.3) is 21.8 Å². The standard InChI is InChI=1S/C15H13NO/c1-9-3-4-14-12(5-9)13-7-11(8-17)6-10(2)15(13)16-14/h3-8,16H,1-2H3. The highest BCUT2D eigenvalue weighted by Crippen LogP contribution is 2.29. The van der Waals surface area contributed by atoms with Crippen LogP contribution in [0.5, 0.6) is 0 Å². The van der Waals surface area contributed by atoms with Gasteiger partial charge in [0.2, 0.25) is 0 Å². The number of carbonyl (C=O) groups is 1. The number of H-pyrrole nitrogens is 1. The van der Waals surface area contributed by atoms with Gasteiger partial charge in [0.15, 0.2) is 0 Å². The van der Waals surface area contributed by atoms with Crippen LogP contribution in [0.1, 0.15) is 21.5 Å². The van der Waals surface area contributed by atoms with E-state index in [2.05, 4.69) is 30.1 Å². The minimum atomic E-state index is 0.734. The van der Waals surface area contributed by atoms with Crippen molar-refractivity contribution in [2.75, 3.05) is 0 Å². The van der Waals surface area contributed by atoms with Crippen LogP contribution in [0.4, 0.5) is 0 Å². The van der Waals surface area contributed by atoms with E-state index in [1.165, 1.54) is 10.9 Å². The van der Waals surface area contributed by atoms with Gasteiger partial charge in [-0.1, -0.05) is 11.6 Å². The number of fused-ring (bicyclic) bond motifs is 3. The largest absolute Gasteiger partial charge is 0.354 e. The highest BCUT2D eigenvalue weighted by Gasteiger charge is 2.07. The topological polar surface area (TPSA) is 32.9 Å². The fourth-order valence-corrected chi connectivity index (χ4v) is 2.39. The summed E-state index contributed by atoms with van der Waals surface area (Å²) in [4.78, 5) is 14.3. The maximum atomic E-state index is 10.9. The molecular weight excluding hydrogens is 210 g/mol.